The molecule has 1 amide bonds. The maximum absolute atomic E-state index is 13.2. The summed E-state index contributed by atoms with van der Waals surface area (Å²) in [4.78, 5) is 27.1. The third-order valence-electron chi connectivity index (χ3n) is 7.27. The van der Waals surface area contributed by atoms with Gasteiger partial charge in [-0.15, -0.1) is 0 Å². The summed E-state index contributed by atoms with van der Waals surface area (Å²) in [5, 5.41) is 1.65. The minimum absolute atomic E-state index is 0.0368. The number of hydrazine groups is 1. The van der Waals surface area contributed by atoms with Gasteiger partial charge in [-0.25, -0.2) is 9.99 Å². The number of rotatable bonds is 5. The highest BCUT2D eigenvalue weighted by Crippen LogP contribution is 2.34. The fourth-order valence-electron chi connectivity index (χ4n) is 5.14. The molecule has 6 rings (SSSR count). The molecule has 0 saturated carbocycles. The van der Waals surface area contributed by atoms with Crippen LogP contribution >= 0.6 is 0 Å². The van der Waals surface area contributed by atoms with Crippen LogP contribution in [0, 0.1) is 0 Å². The number of benzene rings is 1. The van der Waals surface area contributed by atoms with Crippen molar-refractivity contribution in [3.63, 3.8) is 0 Å². The number of likely N-dealkylation sites (N-methyl/N-ethyl adjacent to an activating group) is 1. The van der Waals surface area contributed by atoms with E-state index in [0.717, 1.165) is 79.4 Å². The molecule has 3 aromatic rings. The molecule has 8 heteroatoms. The Kier molecular flexibility index (Phi) is 5.83. The molecule has 0 radical (unpaired) electrons. The van der Waals surface area contributed by atoms with E-state index in [4.69, 9.17) is 4.74 Å². The van der Waals surface area contributed by atoms with Crippen molar-refractivity contribution in [2.24, 2.45) is 0 Å². The Bertz CT molecular complexity index is 1220. The molecule has 2 saturated heterocycles. The Morgan fingerprint density at radius 3 is 2.66 bits per heavy atom. The van der Waals surface area contributed by atoms with E-state index in [9.17, 15) is 4.79 Å². The second-order valence-corrected chi connectivity index (χ2v) is 9.56. The molecule has 35 heavy (non-hydrogen) atoms. The van der Waals surface area contributed by atoms with Gasteiger partial charge in [0.2, 0.25) is 0 Å². The van der Waals surface area contributed by atoms with Crippen LogP contribution < -0.4 is 10.3 Å². The van der Waals surface area contributed by atoms with E-state index < -0.39 is 0 Å². The van der Waals surface area contributed by atoms with Crippen molar-refractivity contribution in [3.8, 4) is 11.1 Å². The number of carbonyl (C=O) groups is 1. The van der Waals surface area contributed by atoms with Crippen LogP contribution in [0.15, 0.2) is 54.9 Å². The zero-order valence-electron chi connectivity index (χ0n) is 20.0. The van der Waals surface area contributed by atoms with Crippen molar-refractivity contribution in [2.45, 2.75) is 18.9 Å². The number of nitrogens with one attached hydrogen (secondary N) is 1. The monoisotopic (exact) mass is 470 g/mol. The van der Waals surface area contributed by atoms with Crippen molar-refractivity contribution >= 4 is 17.4 Å². The summed E-state index contributed by atoms with van der Waals surface area (Å²) in [5.74, 6) is 0.967. The number of anilines is 2. The van der Waals surface area contributed by atoms with Crippen molar-refractivity contribution < 1.29 is 9.53 Å². The molecule has 0 spiro atoms. The summed E-state index contributed by atoms with van der Waals surface area (Å²) in [6, 6.07) is 14.1. The Balaban J connectivity index is 1.19. The molecule has 0 aliphatic carbocycles. The lowest BCUT2D eigenvalue weighted by molar-refractivity contribution is 0.0814. The second kappa shape index (κ2) is 9.28. The molecule has 1 N–H and O–H groups in total. The molecule has 1 unspecified atom stereocenters. The van der Waals surface area contributed by atoms with Gasteiger partial charge in [0.1, 0.15) is 5.82 Å². The average molecular weight is 471 g/mol. The summed E-state index contributed by atoms with van der Waals surface area (Å²) >= 11 is 0. The number of amides is 1. The van der Waals surface area contributed by atoms with Gasteiger partial charge in [0.15, 0.2) is 0 Å². The molecule has 0 bridgehead atoms. The number of nitrogens with zero attached hydrogens (tertiary/aromatic N) is 5. The van der Waals surface area contributed by atoms with Gasteiger partial charge < -0.3 is 14.5 Å². The number of hydrogen-bond acceptors (Lipinski definition) is 7. The fraction of sp³-hybridized carbons (Fsp3) is 0.370. The predicted octanol–water partition coefficient (Wildman–Crippen LogP) is 3.38. The maximum Gasteiger partial charge on any atom is 0.272 e. The third kappa shape index (κ3) is 4.35. The summed E-state index contributed by atoms with van der Waals surface area (Å²) in [7, 11) is 2.15. The van der Waals surface area contributed by atoms with E-state index in [-0.39, 0.29) is 5.91 Å². The van der Waals surface area contributed by atoms with Gasteiger partial charge in [-0.2, -0.15) is 0 Å². The third-order valence-corrected chi connectivity index (χ3v) is 7.27. The Morgan fingerprint density at radius 1 is 1.03 bits per heavy atom. The first-order chi connectivity index (χ1) is 17.2. The number of ether oxygens (including phenoxy) is 1. The molecule has 1 aromatic carbocycles. The first kappa shape index (κ1) is 22.0. The Labute approximate surface area is 205 Å². The van der Waals surface area contributed by atoms with E-state index in [2.05, 4.69) is 50.4 Å². The van der Waals surface area contributed by atoms with E-state index in [1.165, 1.54) is 0 Å². The van der Waals surface area contributed by atoms with E-state index in [1.54, 1.807) is 5.01 Å². The Hall–Kier alpha value is -3.49. The minimum Gasteiger partial charge on any atom is -0.381 e. The van der Waals surface area contributed by atoms with Gasteiger partial charge in [-0.1, -0.05) is 12.1 Å². The predicted molar refractivity (Wildman–Crippen MR) is 135 cm³/mol. The SMILES string of the molecule is CN1CCN(c2ccc(NN3Cc4c(cccc4-c4ccnc(C5CCOC5)c4)C3=O)nc2)CC1. The van der Waals surface area contributed by atoms with Crippen LogP contribution in [0.3, 0.4) is 0 Å². The van der Waals surface area contributed by atoms with Crippen molar-refractivity contribution in [2.75, 3.05) is 56.8 Å². The van der Waals surface area contributed by atoms with E-state index in [1.807, 2.05) is 36.7 Å². The number of aromatic nitrogens is 2. The number of piperazine rings is 1. The van der Waals surface area contributed by atoms with Crippen LogP contribution in [0.2, 0.25) is 0 Å². The quantitative estimate of drug-likeness (QED) is 0.613. The van der Waals surface area contributed by atoms with Crippen LogP contribution in [0.4, 0.5) is 11.5 Å². The Morgan fingerprint density at radius 2 is 1.89 bits per heavy atom. The highest BCUT2D eigenvalue weighted by atomic mass is 16.5. The van der Waals surface area contributed by atoms with Gasteiger partial charge in [-0.3, -0.25) is 15.2 Å². The lowest BCUT2D eigenvalue weighted by Crippen LogP contribution is -2.44. The van der Waals surface area contributed by atoms with E-state index in [0.29, 0.717) is 18.3 Å². The smallest absolute Gasteiger partial charge is 0.272 e. The second-order valence-electron chi connectivity index (χ2n) is 9.56. The molecule has 2 aromatic heterocycles. The van der Waals surface area contributed by atoms with Crippen LogP contribution in [0.25, 0.3) is 11.1 Å². The van der Waals surface area contributed by atoms with E-state index >= 15 is 0 Å². The fourth-order valence-corrected chi connectivity index (χ4v) is 5.14. The van der Waals surface area contributed by atoms with Crippen LogP contribution in [-0.4, -0.2) is 72.2 Å². The van der Waals surface area contributed by atoms with Crippen LogP contribution in [0.1, 0.15) is 34.0 Å². The largest absolute Gasteiger partial charge is 0.381 e. The van der Waals surface area contributed by atoms with Gasteiger partial charge in [0.25, 0.3) is 5.91 Å². The maximum atomic E-state index is 13.2. The van der Waals surface area contributed by atoms with Crippen molar-refractivity contribution in [1.29, 1.82) is 0 Å². The normalized spacial score (nSPS) is 20.4. The zero-order valence-corrected chi connectivity index (χ0v) is 20.0. The molecule has 3 aliphatic rings. The zero-order chi connectivity index (χ0) is 23.8. The molecule has 8 nitrogen and oxygen atoms in total. The lowest BCUT2D eigenvalue weighted by Gasteiger charge is -2.33. The first-order valence-corrected chi connectivity index (χ1v) is 12.3. The summed E-state index contributed by atoms with van der Waals surface area (Å²) in [5.41, 5.74) is 9.31. The van der Waals surface area contributed by atoms with Crippen LogP contribution in [-0.2, 0) is 11.3 Å². The molecule has 2 fully saturated rings. The average Bonchev–Trinajstić information content (AvgIpc) is 3.54. The van der Waals surface area contributed by atoms with Gasteiger partial charge in [0.05, 0.1) is 25.0 Å². The summed E-state index contributed by atoms with van der Waals surface area (Å²) in [6.07, 6.45) is 4.75. The number of fused-ring (bicyclic) bond motifs is 1. The topological polar surface area (TPSA) is 73.8 Å². The number of carbonyl (C=O) groups excluding carboxylic acids is 1. The molecule has 1 atom stereocenters. The number of hydrogen-bond donors (Lipinski definition) is 1. The highest BCUT2D eigenvalue weighted by molar-refractivity contribution is 6.01. The summed E-state index contributed by atoms with van der Waals surface area (Å²) < 4.78 is 5.55. The van der Waals surface area contributed by atoms with Gasteiger partial charge >= 0.3 is 0 Å². The standard InChI is InChI=1S/C27H30N6O2/c1-31-10-12-32(13-11-31)21-5-6-26(29-16-21)30-33-17-24-22(3-2-4-23(24)27(33)34)19-7-9-28-25(15-19)20-8-14-35-18-20/h2-7,9,15-16,20H,8,10-14,17-18H2,1H3,(H,29,30). The molecular weight excluding hydrogens is 440 g/mol. The molecule has 5 heterocycles. The van der Waals surface area contributed by atoms with Crippen molar-refractivity contribution in [3.05, 3.63) is 71.7 Å². The van der Waals surface area contributed by atoms with Gasteiger partial charge in [-0.05, 0) is 60.5 Å². The number of pyridine rings is 2. The summed E-state index contributed by atoms with van der Waals surface area (Å²) in [6.45, 7) is 6.09. The highest BCUT2D eigenvalue weighted by Gasteiger charge is 2.30. The molecule has 180 valence electrons. The van der Waals surface area contributed by atoms with Crippen molar-refractivity contribution in [1.82, 2.24) is 19.9 Å². The first-order valence-electron chi connectivity index (χ1n) is 12.3. The lowest BCUT2D eigenvalue weighted by atomic mass is 9.95. The minimum atomic E-state index is -0.0368. The molecular formula is C27H30N6O2. The molecule has 3 aliphatic heterocycles. The van der Waals surface area contributed by atoms with Crippen LogP contribution in [0.5, 0.6) is 0 Å². The van der Waals surface area contributed by atoms with Gasteiger partial charge in [0, 0.05) is 56.2 Å².